The van der Waals surface area contributed by atoms with Crippen LogP contribution in [0, 0.1) is 6.92 Å². The highest BCUT2D eigenvalue weighted by Gasteiger charge is 2.24. The largest absolute Gasteiger partial charge is 0.505 e. The number of hydrogen-bond donors (Lipinski definition) is 2. The number of phenolic OH excluding ortho intramolecular Hbond substituents is 1. The molecule has 1 aromatic carbocycles. The molecular weight excluding hydrogens is 350 g/mol. The lowest BCUT2D eigenvalue weighted by molar-refractivity contribution is 0.450. The van der Waals surface area contributed by atoms with Gasteiger partial charge in [0.25, 0.3) is 0 Å². The van der Waals surface area contributed by atoms with Crippen LogP contribution in [0.4, 0.5) is 5.82 Å². The Balaban J connectivity index is 1.89. The number of hydrogen-bond acceptors (Lipinski definition) is 5. The molecule has 6 heteroatoms. The zero-order valence-electron chi connectivity index (χ0n) is 14.0. The fourth-order valence-corrected chi connectivity index (χ4v) is 3.20. The molecule has 3 heterocycles. The van der Waals surface area contributed by atoms with Gasteiger partial charge < -0.3 is 14.8 Å². The van der Waals surface area contributed by atoms with Gasteiger partial charge in [0.1, 0.15) is 34.6 Å². The number of rotatable bonds is 4. The van der Waals surface area contributed by atoms with Crippen LogP contribution in [-0.2, 0) is 0 Å². The van der Waals surface area contributed by atoms with Crippen LogP contribution < -0.4 is 5.32 Å². The molecule has 2 N–H and O–H groups in total. The normalized spacial score (nSPS) is 12.2. The number of phenols is 1. The topological polar surface area (TPSA) is 71.2 Å². The Morgan fingerprint density at radius 3 is 2.65 bits per heavy atom. The second-order valence-electron chi connectivity index (χ2n) is 5.94. The Labute approximate surface area is 155 Å². The first kappa shape index (κ1) is 16.4. The number of benzene rings is 1. The van der Waals surface area contributed by atoms with Crippen molar-refractivity contribution in [1.29, 1.82) is 0 Å². The Bertz CT molecular complexity index is 1060. The monoisotopic (exact) mass is 365 g/mol. The molecule has 4 rings (SSSR count). The molecular formula is C20H16ClN3O2. The molecule has 0 bridgehead atoms. The highest BCUT2D eigenvalue weighted by Crippen LogP contribution is 2.39. The zero-order chi connectivity index (χ0) is 18.1. The summed E-state index contributed by atoms with van der Waals surface area (Å²) in [5.74, 6) is 2.14. The number of nitrogens with one attached hydrogen (secondary N) is 1. The van der Waals surface area contributed by atoms with Crippen molar-refractivity contribution in [2.24, 2.45) is 0 Å². The van der Waals surface area contributed by atoms with E-state index in [1.807, 2.05) is 43.3 Å². The molecule has 3 aromatic heterocycles. The Morgan fingerprint density at radius 2 is 1.92 bits per heavy atom. The van der Waals surface area contributed by atoms with Crippen LogP contribution in [-0.4, -0.2) is 15.1 Å². The maximum absolute atomic E-state index is 10.9. The van der Waals surface area contributed by atoms with Crippen molar-refractivity contribution in [3.63, 3.8) is 0 Å². The molecule has 0 aliphatic rings. The third-order valence-electron chi connectivity index (χ3n) is 4.16. The highest BCUT2D eigenvalue weighted by atomic mass is 35.5. The highest BCUT2D eigenvalue weighted by molar-refractivity contribution is 6.35. The molecule has 1 atom stereocenters. The van der Waals surface area contributed by atoms with Crippen molar-refractivity contribution in [2.75, 3.05) is 5.32 Å². The lowest BCUT2D eigenvalue weighted by Crippen LogP contribution is -2.13. The SMILES string of the molecule is Cc1ccc([C@@H](Nc2ccccn2)c2cc(Cl)c3cccnc3c2O)o1. The van der Waals surface area contributed by atoms with E-state index in [0.717, 1.165) is 5.76 Å². The summed E-state index contributed by atoms with van der Waals surface area (Å²) in [7, 11) is 0. The number of aryl methyl sites for hydroxylation is 1. The van der Waals surface area contributed by atoms with E-state index in [0.29, 0.717) is 33.1 Å². The maximum atomic E-state index is 10.9. The maximum Gasteiger partial charge on any atom is 0.147 e. The lowest BCUT2D eigenvalue weighted by atomic mass is 10.0. The average Bonchev–Trinajstić information content (AvgIpc) is 3.10. The van der Waals surface area contributed by atoms with Gasteiger partial charge in [0.15, 0.2) is 0 Å². The van der Waals surface area contributed by atoms with E-state index in [-0.39, 0.29) is 5.75 Å². The minimum absolute atomic E-state index is 0.0625. The first-order valence-electron chi connectivity index (χ1n) is 8.13. The van der Waals surface area contributed by atoms with Gasteiger partial charge in [-0.3, -0.25) is 4.98 Å². The molecule has 0 saturated carbocycles. The van der Waals surface area contributed by atoms with Crippen LogP contribution in [0.2, 0.25) is 5.02 Å². The molecule has 26 heavy (non-hydrogen) atoms. The summed E-state index contributed by atoms with van der Waals surface area (Å²) in [6.07, 6.45) is 3.32. The van der Waals surface area contributed by atoms with Crippen LogP contribution in [0.15, 0.2) is 65.3 Å². The average molecular weight is 366 g/mol. The Hall–Kier alpha value is -3.05. The van der Waals surface area contributed by atoms with Crippen molar-refractivity contribution < 1.29 is 9.52 Å². The molecule has 0 unspecified atom stereocenters. The summed E-state index contributed by atoms with van der Waals surface area (Å²) in [5.41, 5.74) is 1.02. The molecule has 0 radical (unpaired) electrons. The van der Waals surface area contributed by atoms with Crippen LogP contribution in [0.25, 0.3) is 10.9 Å². The van der Waals surface area contributed by atoms with E-state index in [4.69, 9.17) is 16.0 Å². The molecule has 0 amide bonds. The summed E-state index contributed by atoms with van der Waals surface area (Å²) in [4.78, 5) is 8.59. The van der Waals surface area contributed by atoms with Gasteiger partial charge >= 0.3 is 0 Å². The van der Waals surface area contributed by atoms with Gasteiger partial charge in [-0.15, -0.1) is 0 Å². The number of furan rings is 1. The van der Waals surface area contributed by atoms with Gasteiger partial charge in [0.05, 0.1) is 5.02 Å². The Kier molecular flexibility index (Phi) is 4.22. The smallest absolute Gasteiger partial charge is 0.147 e. The van der Waals surface area contributed by atoms with E-state index in [1.54, 1.807) is 24.5 Å². The minimum Gasteiger partial charge on any atom is -0.505 e. The molecule has 130 valence electrons. The molecule has 0 spiro atoms. The minimum atomic E-state index is -0.470. The van der Waals surface area contributed by atoms with Crippen molar-refractivity contribution in [3.8, 4) is 5.75 Å². The summed E-state index contributed by atoms with van der Waals surface area (Å²) >= 11 is 6.45. The first-order chi connectivity index (χ1) is 12.6. The van der Waals surface area contributed by atoms with Crippen molar-refractivity contribution in [3.05, 3.63) is 83.0 Å². The molecule has 0 fully saturated rings. The predicted octanol–water partition coefficient (Wildman–Crippen LogP) is 5.09. The third-order valence-corrected chi connectivity index (χ3v) is 4.47. The number of halogens is 1. The van der Waals surface area contributed by atoms with Crippen molar-refractivity contribution in [1.82, 2.24) is 9.97 Å². The van der Waals surface area contributed by atoms with Gasteiger partial charge in [-0.25, -0.2) is 4.98 Å². The second kappa shape index (κ2) is 6.69. The lowest BCUT2D eigenvalue weighted by Gasteiger charge is -2.20. The summed E-state index contributed by atoms with van der Waals surface area (Å²) < 4.78 is 5.81. The standard InChI is InChI=1S/C20H16ClN3O2/c1-12-7-8-16(26-12)18(24-17-6-2-3-9-22-17)14-11-15(21)13-5-4-10-23-19(13)20(14)25/h2-11,18,25H,1H3,(H,22,24)/t18-/m0/s1. The summed E-state index contributed by atoms with van der Waals surface area (Å²) in [6.45, 7) is 1.87. The van der Waals surface area contributed by atoms with Gasteiger partial charge in [0.2, 0.25) is 0 Å². The first-order valence-corrected chi connectivity index (χ1v) is 8.51. The van der Waals surface area contributed by atoms with Gasteiger partial charge in [-0.1, -0.05) is 17.7 Å². The number of aromatic nitrogens is 2. The second-order valence-corrected chi connectivity index (χ2v) is 6.34. The van der Waals surface area contributed by atoms with Gasteiger partial charge in [-0.2, -0.15) is 0 Å². The zero-order valence-corrected chi connectivity index (χ0v) is 14.7. The van der Waals surface area contributed by atoms with Crippen molar-refractivity contribution in [2.45, 2.75) is 13.0 Å². The fourth-order valence-electron chi connectivity index (χ4n) is 2.93. The number of aromatic hydroxyl groups is 1. The van der Waals surface area contributed by atoms with Gasteiger partial charge in [0, 0.05) is 23.3 Å². The third kappa shape index (κ3) is 2.97. The van der Waals surface area contributed by atoms with Gasteiger partial charge in [-0.05, 0) is 49.4 Å². The number of nitrogens with zero attached hydrogens (tertiary/aromatic N) is 2. The van der Waals surface area contributed by atoms with E-state index in [1.165, 1.54) is 0 Å². The predicted molar refractivity (Wildman–Crippen MR) is 102 cm³/mol. The number of fused-ring (bicyclic) bond motifs is 1. The van der Waals surface area contributed by atoms with E-state index in [9.17, 15) is 5.11 Å². The Morgan fingerprint density at radius 1 is 1.08 bits per heavy atom. The number of anilines is 1. The fraction of sp³-hybridized carbons (Fsp3) is 0.100. The molecule has 0 saturated heterocycles. The molecule has 4 aromatic rings. The van der Waals surface area contributed by atoms with E-state index < -0.39 is 6.04 Å². The van der Waals surface area contributed by atoms with Crippen molar-refractivity contribution >= 4 is 28.3 Å². The molecule has 5 nitrogen and oxygen atoms in total. The summed E-state index contributed by atoms with van der Waals surface area (Å²) in [6, 6.07) is 14.2. The van der Waals surface area contributed by atoms with Crippen LogP contribution in [0.1, 0.15) is 23.1 Å². The van der Waals surface area contributed by atoms with E-state index >= 15 is 0 Å². The summed E-state index contributed by atoms with van der Waals surface area (Å²) in [5, 5.41) is 15.4. The van der Waals surface area contributed by atoms with Crippen LogP contribution in [0.3, 0.4) is 0 Å². The van der Waals surface area contributed by atoms with E-state index in [2.05, 4.69) is 15.3 Å². The number of pyridine rings is 2. The molecule has 0 aliphatic carbocycles. The van der Waals surface area contributed by atoms with Crippen LogP contribution in [0.5, 0.6) is 5.75 Å². The van der Waals surface area contributed by atoms with Crippen LogP contribution >= 0.6 is 11.6 Å². The quantitative estimate of drug-likeness (QED) is 0.527. The molecule has 0 aliphatic heterocycles.